The van der Waals surface area contributed by atoms with Crippen molar-refractivity contribution in [3.05, 3.63) is 30.0 Å². The van der Waals surface area contributed by atoms with Crippen molar-refractivity contribution in [2.75, 3.05) is 11.9 Å². The highest BCUT2D eigenvalue weighted by Gasteiger charge is 2.07. The summed E-state index contributed by atoms with van der Waals surface area (Å²) in [6.07, 6.45) is 1.06. The third kappa shape index (κ3) is 2.00. The van der Waals surface area contributed by atoms with Crippen molar-refractivity contribution in [2.24, 2.45) is 0 Å². The molecule has 16 heavy (non-hydrogen) atoms. The van der Waals surface area contributed by atoms with Gasteiger partial charge in [-0.2, -0.15) is 0 Å². The Morgan fingerprint density at radius 1 is 1.44 bits per heavy atom. The Labute approximate surface area is 93.3 Å². The first kappa shape index (κ1) is 10.5. The van der Waals surface area contributed by atoms with E-state index in [0.29, 0.717) is 0 Å². The molecule has 2 aromatic rings. The average molecular weight is 218 g/mol. The number of nitrogens with one attached hydrogen (secondary N) is 2. The molecule has 84 valence electrons. The fourth-order valence-corrected chi connectivity index (χ4v) is 1.63. The van der Waals surface area contributed by atoms with E-state index in [1.807, 2.05) is 18.2 Å². The number of aromatic nitrogens is 1. The molecule has 0 amide bonds. The fraction of sp³-hybridized carbons (Fsp3) is 0.250. The molecule has 0 fully saturated rings. The van der Waals surface area contributed by atoms with Crippen LogP contribution in [0.5, 0.6) is 0 Å². The van der Waals surface area contributed by atoms with E-state index in [1.54, 1.807) is 6.07 Å². The summed E-state index contributed by atoms with van der Waals surface area (Å²) in [4.78, 5) is 13.6. The minimum Gasteiger partial charge on any atom is -0.477 e. The quantitative estimate of drug-likeness (QED) is 0.739. The van der Waals surface area contributed by atoms with Gasteiger partial charge >= 0.3 is 5.97 Å². The fourth-order valence-electron chi connectivity index (χ4n) is 1.63. The molecule has 0 atom stereocenters. The molecule has 0 aliphatic carbocycles. The van der Waals surface area contributed by atoms with Crippen molar-refractivity contribution >= 4 is 22.6 Å². The number of rotatable bonds is 4. The molecule has 0 aliphatic rings. The summed E-state index contributed by atoms with van der Waals surface area (Å²) in [7, 11) is 0. The summed E-state index contributed by atoms with van der Waals surface area (Å²) in [5.41, 5.74) is 2.09. The van der Waals surface area contributed by atoms with Crippen LogP contribution in [0.3, 0.4) is 0 Å². The number of anilines is 1. The molecule has 0 radical (unpaired) electrons. The van der Waals surface area contributed by atoms with Crippen LogP contribution in [-0.4, -0.2) is 22.6 Å². The normalized spacial score (nSPS) is 10.6. The number of aromatic amines is 1. The van der Waals surface area contributed by atoms with E-state index in [4.69, 9.17) is 5.11 Å². The van der Waals surface area contributed by atoms with Gasteiger partial charge in [0.2, 0.25) is 0 Å². The maximum absolute atomic E-state index is 10.8. The number of hydrogen-bond donors (Lipinski definition) is 3. The van der Waals surface area contributed by atoms with Crippen molar-refractivity contribution in [2.45, 2.75) is 13.3 Å². The molecule has 0 bridgehead atoms. The summed E-state index contributed by atoms with van der Waals surface area (Å²) < 4.78 is 0. The number of fused-ring (bicyclic) bond motifs is 1. The number of hydrogen-bond acceptors (Lipinski definition) is 2. The molecule has 2 rings (SSSR count). The van der Waals surface area contributed by atoms with Gasteiger partial charge in [0, 0.05) is 23.1 Å². The number of aromatic carboxylic acids is 1. The highest BCUT2D eigenvalue weighted by Crippen LogP contribution is 2.20. The second-order valence-corrected chi connectivity index (χ2v) is 3.72. The summed E-state index contributed by atoms with van der Waals surface area (Å²) in [6, 6.07) is 7.43. The smallest absolute Gasteiger partial charge is 0.352 e. The summed E-state index contributed by atoms with van der Waals surface area (Å²) >= 11 is 0. The molecule has 0 saturated heterocycles. The Kier molecular flexibility index (Phi) is 2.81. The lowest BCUT2D eigenvalue weighted by Gasteiger charge is -2.03. The molecule has 1 aromatic carbocycles. The SMILES string of the molecule is CCCNc1ccc2[nH]c(C(=O)O)cc2c1. The van der Waals surface area contributed by atoms with Crippen LogP contribution in [0, 0.1) is 0 Å². The number of benzene rings is 1. The van der Waals surface area contributed by atoms with E-state index in [9.17, 15) is 4.79 Å². The third-order valence-electron chi connectivity index (χ3n) is 2.43. The lowest BCUT2D eigenvalue weighted by molar-refractivity contribution is 0.0691. The van der Waals surface area contributed by atoms with Crippen LogP contribution in [0.4, 0.5) is 5.69 Å². The highest BCUT2D eigenvalue weighted by atomic mass is 16.4. The minimum atomic E-state index is -0.931. The van der Waals surface area contributed by atoms with Gasteiger partial charge in [0.05, 0.1) is 0 Å². The van der Waals surface area contributed by atoms with Crippen LogP contribution in [0.25, 0.3) is 10.9 Å². The van der Waals surface area contributed by atoms with Gasteiger partial charge in [-0.05, 0) is 30.7 Å². The van der Waals surface area contributed by atoms with Crippen molar-refractivity contribution in [1.82, 2.24) is 4.98 Å². The Hall–Kier alpha value is -1.97. The van der Waals surface area contributed by atoms with Crippen molar-refractivity contribution < 1.29 is 9.90 Å². The topological polar surface area (TPSA) is 65.1 Å². The van der Waals surface area contributed by atoms with Crippen LogP contribution in [0.15, 0.2) is 24.3 Å². The molecular formula is C12H14N2O2. The monoisotopic (exact) mass is 218 g/mol. The van der Waals surface area contributed by atoms with Crippen LogP contribution in [-0.2, 0) is 0 Å². The maximum Gasteiger partial charge on any atom is 0.352 e. The van der Waals surface area contributed by atoms with Gasteiger partial charge in [-0.15, -0.1) is 0 Å². The maximum atomic E-state index is 10.8. The largest absolute Gasteiger partial charge is 0.477 e. The van der Waals surface area contributed by atoms with E-state index in [-0.39, 0.29) is 5.69 Å². The van der Waals surface area contributed by atoms with Crippen LogP contribution in [0.1, 0.15) is 23.8 Å². The average Bonchev–Trinajstić information content (AvgIpc) is 2.69. The molecule has 0 spiro atoms. The zero-order valence-corrected chi connectivity index (χ0v) is 9.08. The van der Waals surface area contributed by atoms with Crippen LogP contribution in [0.2, 0.25) is 0 Å². The lowest BCUT2D eigenvalue weighted by Crippen LogP contribution is -1.98. The van der Waals surface area contributed by atoms with Gasteiger partial charge in [0.1, 0.15) is 5.69 Å². The van der Waals surface area contributed by atoms with Gasteiger partial charge in [-0.1, -0.05) is 6.92 Å². The third-order valence-corrected chi connectivity index (χ3v) is 2.43. The summed E-state index contributed by atoms with van der Waals surface area (Å²) in [5, 5.41) is 13.0. The van der Waals surface area contributed by atoms with E-state index in [2.05, 4.69) is 17.2 Å². The van der Waals surface area contributed by atoms with Crippen LogP contribution < -0.4 is 5.32 Å². The molecule has 0 unspecified atom stereocenters. The molecule has 4 nitrogen and oxygen atoms in total. The van der Waals surface area contributed by atoms with Crippen molar-refractivity contribution in [1.29, 1.82) is 0 Å². The second kappa shape index (κ2) is 4.26. The van der Waals surface area contributed by atoms with E-state index in [0.717, 1.165) is 29.6 Å². The first-order valence-corrected chi connectivity index (χ1v) is 5.30. The number of carbonyl (C=O) groups is 1. The molecule has 3 N–H and O–H groups in total. The Balaban J connectivity index is 2.34. The number of carboxylic acid groups (broad SMARTS) is 1. The van der Waals surface area contributed by atoms with Gasteiger partial charge in [-0.3, -0.25) is 0 Å². The van der Waals surface area contributed by atoms with E-state index in [1.165, 1.54) is 0 Å². The summed E-state index contributed by atoms with van der Waals surface area (Å²) in [5.74, 6) is -0.931. The molecular weight excluding hydrogens is 204 g/mol. The standard InChI is InChI=1S/C12H14N2O2/c1-2-5-13-9-3-4-10-8(6-9)7-11(14-10)12(15)16/h3-4,6-7,13-14H,2,5H2,1H3,(H,15,16). The van der Waals surface area contributed by atoms with Gasteiger partial charge < -0.3 is 15.4 Å². The van der Waals surface area contributed by atoms with E-state index >= 15 is 0 Å². The predicted molar refractivity (Wildman–Crippen MR) is 64.0 cm³/mol. The molecule has 0 aliphatic heterocycles. The zero-order chi connectivity index (χ0) is 11.5. The number of carboxylic acids is 1. The zero-order valence-electron chi connectivity index (χ0n) is 9.08. The first-order valence-electron chi connectivity index (χ1n) is 5.30. The summed E-state index contributed by atoms with van der Waals surface area (Å²) in [6.45, 7) is 3.02. The van der Waals surface area contributed by atoms with Gasteiger partial charge in [0.15, 0.2) is 0 Å². The van der Waals surface area contributed by atoms with Gasteiger partial charge in [-0.25, -0.2) is 4.79 Å². The van der Waals surface area contributed by atoms with Crippen molar-refractivity contribution in [3.63, 3.8) is 0 Å². The second-order valence-electron chi connectivity index (χ2n) is 3.72. The molecule has 1 heterocycles. The lowest BCUT2D eigenvalue weighted by atomic mass is 10.2. The predicted octanol–water partition coefficient (Wildman–Crippen LogP) is 2.69. The van der Waals surface area contributed by atoms with Crippen molar-refractivity contribution in [3.8, 4) is 0 Å². The Bertz CT molecular complexity index is 517. The number of H-pyrrole nitrogens is 1. The highest BCUT2D eigenvalue weighted by molar-refractivity contribution is 5.94. The van der Waals surface area contributed by atoms with Crippen LogP contribution >= 0.6 is 0 Å². The van der Waals surface area contributed by atoms with Gasteiger partial charge in [0.25, 0.3) is 0 Å². The molecule has 4 heteroatoms. The molecule has 0 saturated carbocycles. The van der Waals surface area contributed by atoms with E-state index < -0.39 is 5.97 Å². The Morgan fingerprint density at radius 3 is 2.94 bits per heavy atom. The minimum absolute atomic E-state index is 0.225. The molecule has 1 aromatic heterocycles. The Morgan fingerprint density at radius 2 is 2.25 bits per heavy atom. The first-order chi connectivity index (χ1) is 7.70.